The average Bonchev–Trinajstić information content (AvgIpc) is 2.76. The molecule has 30 heavy (non-hydrogen) atoms. The van der Waals surface area contributed by atoms with Gasteiger partial charge in [0.15, 0.2) is 0 Å². The van der Waals surface area contributed by atoms with Crippen LogP contribution in [-0.4, -0.2) is 43.4 Å². The van der Waals surface area contributed by atoms with E-state index in [1.54, 1.807) is 6.07 Å². The normalized spacial score (nSPS) is 16.4. The van der Waals surface area contributed by atoms with Gasteiger partial charge in [-0.15, -0.1) is 0 Å². The maximum atomic E-state index is 12.8. The van der Waals surface area contributed by atoms with Crippen LogP contribution in [0.5, 0.6) is 5.75 Å². The topological polar surface area (TPSA) is 105 Å². The van der Waals surface area contributed by atoms with Crippen LogP contribution in [0.4, 0.5) is 0 Å². The standard InChI is InChI=1S/C20H22ClN3O5S/c1-3-30(27,28)24-12-14-7-5-4-6-13(14)10-17(24)20(26)23-22-19(25)16-11-15(21)8-9-18(16)29-2/h4-9,11,17H,3,10,12H2,1-2H3,(H,22,25)(H,23,26). The molecule has 0 saturated heterocycles. The quantitative estimate of drug-likeness (QED) is 0.675. The van der Waals surface area contributed by atoms with Crippen LogP contribution in [-0.2, 0) is 27.8 Å². The third-order valence-corrected chi connectivity index (χ3v) is 7.00. The van der Waals surface area contributed by atoms with Gasteiger partial charge < -0.3 is 4.74 Å². The van der Waals surface area contributed by atoms with Gasteiger partial charge in [-0.3, -0.25) is 20.4 Å². The van der Waals surface area contributed by atoms with Crippen LogP contribution in [0, 0.1) is 0 Å². The molecule has 0 bridgehead atoms. The van der Waals surface area contributed by atoms with Gasteiger partial charge in [0.25, 0.3) is 11.8 Å². The Bertz CT molecular complexity index is 1070. The molecule has 8 nitrogen and oxygen atoms in total. The summed E-state index contributed by atoms with van der Waals surface area (Å²) in [5.41, 5.74) is 6.53. The summed E-state index contributed by atoms with van der Waals surface area (Å²) in [6.45, 7) is 1.62. The molecular weight excluding hydrogens is 430 g/mol. The lowest BCUT2D eigenvalue weighted by molar-refractivity contribution is -0.126. The van der Waals surface area contributed by atoms with Crippen LogP contribution in [0.2, 0.25) is 5.02 Å². The zero-order chi connectivity index (χ0) is 21.9. The highest BCUT2D eigenvalue weighted by Crippen LogP contribution is 2.26. The number of hydrogen-bond donors (Lipinski definition) is 2. The summed E-state index contributed by atoms with van der Waals surface area (Å²) in [7, 11) is -2.23. The second kappa shape index (κ2) is 9.03. The smallest absolute Gasteiger partial charge is 0.273 e. The molecular formula is C20H22ClN3O5S. The average molecular weight is 452 g/mol. The van der Waals surface area contributed by atoms with E-state index in [1.165, 1.54) is 30.5 Å². The molecule has 3 rings (SSSR count). The first-order valence-electron chi connectivity index (χ1n) is 9.27. The Hall–Kier alpha value is -2.62. The first-order valence-corrected chi connectivity index (χ1v) is 11.3. The number of halogens is 1. The molecule has 160 valence electrons. The number of fused-ring (bicyclic) bond motifs is 1. The van der Waals surface area contributed by atoms with Crippen molar-refractivity contribution in [2.24, 2.45) is 0 Å². The Morgan fingerprint density at radius 2 is 1.87 bits per heavy atom. The fourth-order valence-corrected chi connectivity index (χ4v) is 4.70. The number of hydrogen-bond acceptors (Lipinski definition) is 5. The van der Waals surface area contributed by atoms with Crippen molar-refractivity contribution in [3.05, 3.63) is 64.2 Å². The number of nitrogens with one attached hydrogen (secondary N) is 2. The Morgan fingerprint density at radius 3 is 2.53 bits per heavy atom. The van der Waals surface area contributed by atoms with Gasteiger partial charge in [0, 0.05) is 11.6 Å². The Labute approximate surface area is 180 Å². The highest BCUT2D eigenvalue weighted by atomic mass is 35.5. The number of carbonyl (C=O) groups excluding carboxylic acids is 2. The molecule has 2 amide bonds. The van der Waals surface area contributed by atoms with Gasteiger partial charge in [-0.1, -0.05) is 35.9 Å². The molecule has 0 saturated carbocycles. The first-order chi connectivity index (χ1) is 14.3. The highest BCUT2D eigenvalue weighted by Gasteiger charge is 2.38. The SMILES string of the molecule is CCS(=O)(=O)N1Cc2ccccc2CC1C(=O)NNC(=O)c1cc(Cl)ccc1OC. The van der Waals surface area contributed by atoms with Crippen molar-refractivity contribution in [2.75, 3.05) is 12.9 Å². The molecule has 0 aromatic heterocycles. The van der Waals surface area contributed by atoms with Crippen molar-refractivity contribution >= 4 is 33.4 Å². The van der Waals surface area contributed by atoms with Crippen molar-refractivity contribution in [2.45, 2.75) is 25.9 Å². The number of benzene rings is 2. The van der Waals surface area contributed by atoms with Gasteiger partial charge >= 0.3 is 0 Å². The molecule has 1 aliphatic heterocycles. The number of nitrogens with zero attached hydrogens (tertiary/aromatic N) is 1. The third kappa shape index (κ3) is 4.58. The molecule has 2 N–H and O–H groups in total. The minimum atomic E-state index is -3.64. The number of sulfonamides is 1. The monoisotopic (exact) mass is 451 g/mol. The predicted octanol–water partition coefficient (Wildman–Crippen LogP) is 1.89. The van der Waals surface area contributed by atoms with E-state index in [0.29, 0.717) is 5.02 Å². The largest absolute Gasteiger partial charge is 0.496 e. The number of rotatable bonds is 5. The molecule has 10 heteroatoms. The van der Waals surface area contributed by atoms with E-state index < -0.39 is 27.9 Å². The molecule has 0 spiro atoms. The van der Waals surface area contributed by atoms with Crippen LogP contribution in [0.1, 0.15) is 28.4 Å². The van der Waals surface area contributed by atoms with Gasteiger partial charge in [0.2, 0.25) is 10.0 Å². The van der Waals surface area contributed by atoms with Crippen LogP contribution >= 0.6 is 11.6 Å². The molecule has 1 aliphatic rings. The number of methoxy groups -OCH3 is 1. The molecule has 0 aliphatic carbocycles. The Kier molecular flexibility index (Phi) is 6.64. The second-order valence-corrected chi connectivity index (χ2v) is 9.37. The summed E-state index contributed by atoms with van der Waals surface area (Å²) in [5, 5.41) is 0.330. The molecule has 2 aromatic carbocycles. The summed E-state index contributed by atoms with van der Waals surface area (Å²) in [5.74, 6) is -1.11. The first kappa shape index (κ1) is 22.1. The van der Waals surface area contributed by atoms with E-state index in [0.717, 1.165) is 11.1 Å². The zero-order valence-electron chi connectivity index (χ0n) is 16.5. The van der Waals surface area contributed by atoms with E-state index in [2.05, 4.69) is 10.9 Å². The summed E-state index contributed by atoms with van der Waals surface area (Å²) in [6.07, 6.45) is 0.206. The van der Waals surface area contributed by atoms with Crippen molar-refractivity contribution in [3.8, 4) is 5.75 Å². The number of carbonyl (C=O) groups is 2. The molecule has 1 heterocycles. The van der Waals surface area contributed by atoms with Crippen LogP contribution in [0.3, 0.4) is 0 Å². The van der Waals surface area contributed by atoms with E-state index >= 15 is 0 Å². The Morgan fingerprint density at radius 1 is 1.17 bits per heavy atom. The van der Waals surface area contributed by atoms with Gasteiger partial charge in [0.05, 0.1) is 18.4 Å². The van der Waals surface area contributed by atoms with Crippen LogP contribution < -0.4 is 15.6 Å². The van der Waals surface area contributed by atoms with Crippen LogP contribution in [0.25, 0.3) is 0 Å². The highest BCUT2D eigenvalue weighted by molar-refractivity contribution is 7.89. The molecule has 0 fully saturated rings. The lowest BCUT2D eigenvalue weighted by Gasteiger charge is -2.34. The van der Waals surface area contributed by atoms with Crippen molar-refractivity contribution < 1.29 is 22.7 Å². The van der Waals surface area contributed by atoms with E-state index in [-0.39, 0.29) is 30.0 Å². The lowest BCUT2D eigenvalue weighted by Crippen LogP contribution is -2.56. The molecule has 1 atom stereocenters. The van der Waals surface area contributed by atoms with Gasteiger partial charge in [-0.25, -0.2) is 8.42 Å². The summed E-state index contributed by atoms with van der Waals surface area (Å²) >= 11 is 5.94. The zero-order valence-corrected chi connectivity index (χ0v) is 18.1. The van der Waals surface area contributed by atoms with E-state index in [9.17, 15) is 18.0 Å². The number of hydrazine groups is 1. The van der Waals surface area contributed by atoms with Crippen LogP contribution in [0.15, 0.2) is 42.5 Å². The second-order valence-electron chi connectivity index (χ2n) is 6.72. The molecule has 1 unspecified atom stereocenters. The summed E-state index contributed by atoms with van der Waals surface area (Å²) < 4.78 is 31.5. The summed E-state index contributed by atoms with van der Waals surface area (Å²) in [6, 6.07) is 10.9. The predicted molar refractivity (Wildman–Crippen MR) is 113 cm³/mol. The fraction of sp³-hybridized carbons (Fsp3) is 0.300. The Balaban J connectivity index is 1.79. The molecule has 0 radical (unpaired) electrons. The maximum absolute atomic E-state index is 12.8. The van der Waals surface area contributed by atoms with Gasteiger partial charge in [-0.2, -0.15) is 4.31 Å². The van der Waals surface area contributed by atoms with Crippen molar-refractivity contribution in [1.82, 2.24) is 15.2 Å². The number of ether oxygens (including phenoxy) is 1. The van der Waals surface area contributed by atoms with Crippen molar-refractivity contribution in [1.29, 1.82) is 0 Å². The number of amides is 2. The van der Waals surface area contributed by atoms with Gasteiger partial charge in [-0.05, 0) is 42.7 Å². The maximum Gasteiger partial charge on any atom is 0.273 e. The summed E-state index contributed by atoms with van der Waals surface area (Å²) in [4.78, 5) is 25.3. The van der Waals surface area contributed by atoms with Gasteiger partial charge in [0.1, 0.15) is 11.8 Å². The van der Waals surface area contributed by atoms with Crippen molar-refractivity contribution in [3.63, 3.8) is 0 Å². The third-order valence-electron chi connectivity index (χ3n) is 4.94. The van der Waals surface area contributed by atoms with E-state index in [1.807, 2.05) is 24.3 Å². The molecule has 2 aromatic rings. The lowest BCUT2D eigenvalue weighted by atomic mass is 9.95. The van der Waals surface area contributed by atoms with E-state index in [4.69, 9.17) is 16.3 Å². The minimum absolute atomic E-state index is 0.0977. The minimum Gasteiger partial charge on any atom is -0.496 e. The fourth-order valence-electron chi connectivity index (χ4n) is 3.31.